The van der Waals surface area contributed by atoms with Gasteiger partial charge in [-0.05, 0) is 24.6 Å². The summed E-state index contributed by atoms with van der Waals surface area (Å²) >= 11 is 1.19. The van der Waals surface area contributed by atoms with Crippen molar-refractivity contribution in [2.24, 2.45) is 0 Å². The highest BCUT2D eigenvalue weighted by molar-refractivity contribution is 8.00. The van der Waals surface area contributed by atoms with Gasteiger partial charge >= 0.3 is 6.03 Å². The van der Waals surface area contributed by atoms with Gasteiger partial charge in [-0.3, -0.25) is 9.69 Å². The molecule has 0 unspecified atom stereocenters. The van der Waals surface area contributed by atoms with Gasteiger partial charge in [0.05, 0.1) is 12.5 Å². The van der Waals surface area contributed by atoms with Crippen molar-refractivity contribution in [3.8, 4) is 0 Å². The first-order valence-electron chi connectivity index (χ1n) is 7.65. The summed E-state index contributed by atoms with van der Waals surface area (Å²) < 4.78 is 13.7. The fourth-order valence-electron chi connectivity index (χ4n) is 2.49. The highest BCUT2D eigenvalue weighted by Crippen LogP contribution is 2.36. The number of hydrogen-bond acceptors (Lipinski definition) is 3. The second-order valence-electron chi connectivity index (χ2n) is 5.55. The molecule has 1 heterocycles. The van der Waals surface area contributed by atoms with Crippen LogP contribution in [0.25, 0.3) is 0 Å². The number of nitrogens with zero attached hydrogens (tertiary/aromatic N) is 1. The molecule has 2 aromatic carbocycles. The van der Waals surface area contributed by atoms with Crippen molar-refractivity contribution < 1.29 is 14.0 Å². The van der Waals surface area contributed by atoms with E-state index in [1.54, 1.807) is 18.2 Å². The van der Waals surface area contributed by atoms with Gasteiger partial charge in [0.25, 0.3) is 0 Å². The van der Waals surface area contributed by atoms with E-state index in [0.29, 0.717) is 4.90 Å². The van der Waals surface area contributed by atoms with Crippen molar-refractivity contribution in [1.82, 2.24) is 10.2 Å². The Hall–Kier alpha value is -2.34. The number of hydrogen-bond donors (Lipinski definition) is 1. The van der Waals surface area contributed by atoms with E-state index >= 15 is 0 Å². The normalized spacial score (nSPS) is 18.0. The van der Waals surface area contributed by atoms with E-state index < -0.39 is 6.03 Å². The van der Waals surface area contributed by atoms with Crippen LogP contribution in [0.5, 0.6) is 0 Å². The molecule has 3 amide bonds. The van der Waals surface area contributed by atoms with Gasteiger partial charge in [0, 0.05) is 4.90 Å². The molecule has 1 aliphatic heterocycles. The Morgan fingerprint density at radius 2 is 1.88 bits per heavy atom. The lowest BCUT2D eigenvalue weighted by Crippen LogP contribution is -2.57. The summed E-state index contributed by atoms with van der Waals surface area (Å²) in [5, 5.41) is 2.44. The highest BCUT2D eigenvalue weighted by Gasteiger charge is 2.42. The Morgan fingerprint density at radius 3 is 2.54 bits per heavy atom. The standard InChI is InChI=1S/C18H17FN2O2S/c1-12(13-7-3-2-4-8-13)20-18(23)21-16(22)11-17(21)24-15-10-6-5-9-14(15)19/h2-10,12,17H,11H2,1H3,(H,20,23)/t12-,17-/m1/s1. The summed E-state index contributed by atoms with van der Waals surface area (Å²) in [6, 6.07) is 15.2. The molecule has 1 saturated heterocycles. The molecule has 2 aromatic rings. The number of carbonyl (C=O) groups excluding carboxylic acids is 2. The van der Waals surface area contributed by atoms with Crippen LogP contribution in [0.4, 0.5) is 9.18 Å². The molecular formula is C18H17FN2O2S. The zero-order chi connectivity index (χ0) is 17.1. The second kappa shape index (κ2) is 7.05. The molecule has 0 spiro atoms. The van der Waals surface area contributed by atoms with Gasteiger partial charge in [-0.1, -0.05) is 54.2 Å². The summed E-state index contributed by atoms with van der Waals surface area (Å²) in [5.74, 6) is -0.596. The minimum Gasteiger partial charge on any atom is -0.331 e. The number of rotatable bonds is 4. The molecule has 1 fully saturated rings. The Balaban J connectivity index is 1.65. The van der Waals surface area contributed by atoms with Gasteiger partial charge in [-0.25, -0.2) is 9.18 Å². The Morgan fingerprint density at radius 1 is 1.21 bits per heavy atom. The van der Waals surface area contributed by atoms with Crippen LogP contribution in [0.15, 0.2) is 59.5 Å². The first kappa shape index (κ1) is 16.5. The Kier molecular flexibility index (Phi) is 4.85. The van der Waals surface area contributed by atoms with Gasteiger partial charge < -0.3 is 5.32 Å². The Bertz CT molecular complexity index is 754. The summed E-state index contributed by atoms with van der Waals surface area (Å²) in [5.41, 5.74) is 0.956. The van der Waals surface area contributed by atoms with Gasteiger partial charge in [0.1, 0.15) is 11.2 Å². The molecule has 0 aromatic heterocycles. The van der Waals surface area contributed by atoms with Crippen LogP contribution in [0, 0.1) is 5.82 Å². The predicted molar refractivity (Wildman–Crippen MR) is 90.9 cm³/mol. The first-order valence-corrected chi connectivity index (χ1v) is 8.53. The van der Waals surface area contributed by atoms with E-state index in [4.69, 9.17) is 0 Å². The number of halogens is 1. The molecular weight excluding hydrogens is 327 g/mol. The first-order chi connectivity index (χ1) is 11.6. The minimum atomic E-state index is -0.448. The van der Waals surface area contributed by atoms with Crippen LogP contribution in [0.3, 0.4) is 0 Å². The fourth-order valence-corrected chi connectivity index (χ4v) is 3.67. The van der Waals surface area contributed by atoms with Crippen molar-refractivity contribution in [2.45, 2.75) is 29.7 Å². The van der Waals surface area contributed by atoms with E-state index in [1.807, 2.05) is 37.3 Å². The van der Waals surface area contributed by atoms with E-state index in [1.165, 1.54) is 17.8 Å². The second-order valence-corrected chi connectivity index (χ2v) is 6.77. The number of amides is 3. The summed E-state index contributed by atoms with van der Waals surface area (Å²) in [6.45, 7) is 1.86. The van der Waals surface area contributed by atoms with Crippen LogP contribution >= 0.6 is 11.8 Å². The minimum absolute atomic E-state index is 0.216. The topological polar surface area (TPSA) is 49.4 Å². The monoisotopic (exact) mass is 344 g/mol. The van der Waals surface area contributed by atoms with E-state index in [2.05, 4.69) is 5.32 Å². The van der Waals surface area contributed by atoms with Crippen LogP contribution < -0.4 is 5.32 Å². The largest absolute Gasteiger partial charge is 0.331 e. The maximum Gasteiger partial charge on any atom is 0.325 e. The lowest BCUT2D eigenvalue weighted by atomic mass is 10.1. The summed E-state index contributed by atoms with van der Waals surface area (Å²) in [7, 11) is 0. The number of imide groups is 1. The summed E-state index contributed by atoms with van der Waals surface area (Å²) in [4.78, 5) is 25.8. The number of β-lactam (4-membered cyclic amide) rings is 1. The Labute approximate surface area is 144 Å². The molecule has 124 valence electrons. The molecule has 4 nitrogen and oxygen atoms in total. The van der Waals surface area contributed by atoms with Crippen molar-refractivity contribution in [1.29, 1.82) is 0 Å². The van der Waals surface area contributed by atoms with Gasteiger partial charge in [0.2, 0.25) is 5.91 Å². The van der Waals surface area contributed by atoms with E-state index in [-0.39, 0.29) is 29.6 Å². The van der Waals surface area contributed by atoms with Crippen LogP contribution in [-0.2, 0) is 4.79 Å². The fraction of sp³-hybridized carbons (Fsp3) is 0.222. The summed E-state index contributed by atoms with van der Waals surface area (Å²) in [6.07, 6.45) is 0.228. The molecule has 1 N–H and O–H groups in total. The average Bonchev–Trinajstić information content (AvgIpc) is 2.56. The van der Waals surface area contributed by atoms with Crippen molar-refractivity contribution in [3.63, 3.8) is 0 Å². The molecule has 2 atom stereocenters. The maximum absolute atomic E-state index is 13.7. The number of thioether (sulfide) groups is 1. The zero-order valence-corrected chi connectivity index (χ0v) is 13.9. The number of urea groups is 1. The molecule has 0 aliphatic carbocycles. The predicted octanol–water partition coefficient (Wildman–Crippen LogP) is 3.95. The van der Waals surface area contributed by atoms with Crippen LogP contribution in [0.1, 0.15) is 24.9 Å². The van der Waals surface area contributed by atoms with Gasteiger partial charge in [-0.15, -0.1) is 0 Å². The SMILES string of the molecule is C[C@@H](NC(=O)N1C(=O)C[C@H]1Sc1ccccc1F)c1ccccc1. The number of likely N-dealkylation sites (tertiary alicyclic amines) is 1. The smallest absolute Gasteiger partial charge is 0.325 e. The zero-order valence-electron chi connectivity index (χ0n) is 13.1. The maximum atomic E-state index is 13.7. The lowest BCUT2D eigenvalue weighted by molar-refractivity contribution is -0.137. The van der Waals surface area contributed by atoms with E-state index in [9.17, 15) is 14.0 Å². The van der Waals surface area contributed by atoms with Crippen molar-refractivity contribution in [2.75, 3.05) is 0 Å². The third-order valence-electron chi connectivity index (χ3n) is 3.86. The third-order valence-corrected chi connectivity index (χ3v) is 5.10. The van der Waals surface area contributed by atoms with Crippen molar-refractivity contribution >= 4 is 23.7 Å². The van der Waals surface area contributed by atoms with Crippen LogP contribution in [-0.4, -0.2) is 22.2 Å². The van der Waals surface area contributed by atoms with Gasteiger partial charge in [-0.2, -0.15) is 0 Å². The molecule has 0 saturated carbocycles. The number of nitrogens with one attached hydrogen (secondary N) is 1. The molecule has 3 rings (SSSR count). The third kappa shape index (κ3) is 3.43. The lowest BCUT2D eigenvalue weighted by Gasteiger charge is -2.38. The molecule has 24 heavy (non-hydrogen) atoms. The molecule has 0 radical (unpaired) electrons. The van der Waals surface area contributed by atoms with Crippen LogP contribution in [0.2, 0.25) is 0 Å². The molecule has 6 heteroatoms. The van der Waals surface area contributed by atoms with E-state index in [0.717, 1.165) is 10.5 Å². The molecule has 1 aliphatic rings. The number of benzene rings is 2. The average molecular weight is 344 g/mol. The number of carbonyl (C=O) groups is 2. The highest BCUT2D eigenvalue weighted by atomic mass is 32.2. The van der Waals surface area contributed by atoms with Gasteiger partial charge in [0.15, 0.2) is 0 Å². The molecule has 0 bridgehead atoms. The van der Waals surface area contributed by atoms with Crippen molar-refractivity contribution in [3.05, 3.63) is 66.0 Å². The quantitative estimate of drug-likeness (QED) is 0.855.